The van der Waals surface area contributed by atoms with Crippen LogP contribution in [0.25, 0.3) is 0 Å². The molecule has 1 aromatic rings. The molecule has 0 aromatic carbocycles. The number of allylic oxidation sites excluding steroid dienone is 5. The van der Waals surface area contributed by atoms with Gasteiger partial charge in [-0.2, -0.15) is 0 Å². The van der Waals surface area contributed by atoms with Gasteiger partial charge in [0.1, 0.15) is 0 Å². The monoisotopic (exact) mass is 352 g/mol. The summed E-state index contributed by atoms with van der Waals surface area (Å²) in [5.74, 6) is 1.49. The molecular formula is C24H36N2. The van der Waals surface area contributed by atoms with E-state index in [2.05, 4.69) is 77.7 Å². The lowest BCUT2D eigenvalue weighted by Crippen LogP contribution is -2.27. The van der Waals surface area contributed by atoms with Crippen molar-refractivity contribution in [2.24, 2.45) is 5.92 Å². The molecule has 1 saturated heterocycles. The highest BCUT2D eigenvalue weighted by Crippen LogP contribution is 2.34. The first-order valence-electron chi connectivity index (χ1n) is 10.0. The van der Waals surface area contributed by atoms with E-state index in [1.807, 2.05) is 0 Å². The average Bonchev–Trinajstić information content (AvgIpc) is 2.65. The van der Waals surface area contributed by atoms with Gasteiger partial charge in [0.2, 0.25) is 0 Å². The van der Waals surface area contributed by atoms with Gasteiger partial charge >= 0.3 is 0 Å². The van der Waals surface area contributed by atoms with Gasteiger partial charge in [-0.3, -0.25) is 4.98 Å². The van der Waals surface area contributed by atoms with E-state index in [-0.39, 0.29) is 0 Å². The van der Waals surface area contributed by atoms with Gasteiger partial charge < -0.3 is 5.32 Å². The van der Waals surface area contributed by atoms with Crippen LogP contribution in [-0.2, 0) is 0 Å². The molecule has 0 saturated carbocycles. The van der Waals surface area contributed by atoms with Gasteiger partial charge in [-0.05, 0) is 88.2 Å². The molecule has 2 heterocycles. The van der Waals surface area contributed by atoms with Crippen molar-refractivity contribution in [1.82, 2.24) is 10.3 Å². The van der Waals surface area contributed by atoms with Crippen LogP contribution < -0.4 is 5.32 Å². The number of rotatable bonds is 6. The Labute approximate surface area is 160 Å². The predicted molar refractivity (Wildman–Crippen MR) is 114 cm³/mol. The van der Waals surface area contributed by atoms with E-state index >= 15 is 0 Å². The van der Waals surface area contributed by atoms with Crippen molar-refractivity contribution in [1.29, 1.82) is 0 Å². The number of pyridine rings is 1. The Morgan fingerprint density at radius 1 is 1.23 bits per heavy atom. The first-order chi connectivity index (χ1) is 12.3. The largest absolute Gasteiger partial charge is 0.317 e. The molecule has 1 aliphatic heterocycles. The Balaban J connectivity index is 2.21. The van der Waals surface area contributed by atoms with E-state index in [1.54, 1.807) is 0 Å². The van der Waals surface area contributed by atoms with Crippen LogP contribution >= 0.6 is 0 Å². The third-order valence-corrected chi connectivity index (χ3v) is 6.06. The lowest BCUT2D eigenvalue weighted by Gasteiger charge is -2.26. The third kappa shape index (κ3) is 4.94. The highest BCUT2D eigenvalue weighted by atomic mass is 14.9. The maximum atomic E-state index is 5.00. The van der Waals surface area contributed by atoms with Crippen LogP contribution in [-0.4, -0.2) is 18.1 Å². The Morgan fingerprint density at radius 3 is 2.42 bits per heavy atom. The molecule has 0 amide bonds. The van der Waals surface area contributed by atoms with Gasteiger partial charge in [-0.25, -0.2) is 0 Å². The van der Waals surface area contributed by atoms with Crippen LogP contribution in [0.1, 0.15) is 76.2 Å². The van der Waals surface area contributed by atoms with E-state index in [9.17, 15) is 0 Å². The molecule has 0 radical (unpaired) electrons. The van der Waals surface area contributed by atoms with E-state index in [4.69, 9.17) is 4.98 Å². The molecule has 2 rings (SSSR count). The van der Waals surface area contributed by atoms with Gasteiger partial charge in [-0.15, -0.1) is 0 Å². The van der Waals surface area contributed by atoms with Crippen molar-refractivity contribution < 1.29 is 0 Å². The summed E-state index contributed by atoms with van der Waals surface area (Å²) in [6.45, 7) is 19.4. The van der Waals surface area contributed by atoms with Gasteiger partial charge in [0.15, 0.2) is 0 Å². The normalized spacial score (nSPS) is 19.3. The number of hydrogen-bond donors (Lipinski definition) is 1. The first kappa shape index (κ1) is 20.6. The summed E-state index contributed by atoms with van der Waals surface area (Å²) < 4.78 is 0. The highest BCUT2D eigenvalue weighted by Gasteiger charge is 2.22. The minimum atomic E-state index is 0.435. The molecule has 1 N–H and O–H groups in total. The Morgan fingerprint density at radius 2 is 1.88 bits per heavy atom. The second-order valence-corrected chi connectivity index (χ2v) is 7.91. The molecule has 2 nitrogen and oxygen atoms in total. The topological polar surface area (TPSA) is 24.9 Å². The number of aryl methyl sites for hydroxylation is 1. The van der Waals surface area contributed by atoms with E-state index in [0.717, 1.165) is 18.7 Å². The van der Waals surface area contributed by atoms with Crippen LogP contribution in [0.2, 0.25) is 0 Å². The summed E-state index contributed by atoms with van der Waals surface area (Å²) in [6.07, 6.45) is 6.92. The van der Waals surface area contributed by atoms with Crippen molar-refractivity contribution in [2.75, 3.05) is 13.1 Å². The molecule has 2 atom stereocenters. The smallest absolute Gasteiger partial charge is 0.0438 e. The van der Waals surface area contributed by atoms with Crippen LogP contribution in [0, 0.1) is 12.8 Å². The zero-order chi connectivity index (χ0) is 19.3. The molecule has 1 aliphatic rings. The van der Waals surface area contributed by atoms with Crippen LogP contribution in [0.5, 0.6) is 0 Å². The number of hydrogen-bond acceptors (Lipinski definition) is 2. The molecule has 142 valence electrons. The summed E-state index contributed by atoms with van der Waals surface area (Å²) in [5, 5.41) is 3.44. The lowest BCUT2D eigenvalue weighted by atomic mass is 9.81. The number of piperidine rings is 1. The Kier molecular flexibility index (Phi) is 7.40. The minimum Gasteiger partial charge on any atom is -0.317 e. The Bertz CT molecular complexity index is 690. The number of aromatic nitrogens is 1. The van der Waals surface area contributed by atoms with Gasteiger partial charge in [0.25, 0.3) is 0 Å². The molecular weight excluding hydrogens is 316 g/mol. The van der Waals surface area contributed by atoms with Gasteiger partial charge in [-0.1, -0.05) is 44.2 Å². The van der Waals surface area contributed by atoms with Crippen molar-refractivity contribution in [3.63, 3.8) is 0 Å². The maximum Gasteiger partial charge on any atom is 0.0438 e. The lowest BCUT2D eigenvalue weighted by molar-refractivity contribution is 0.452. The van der Waals surface area contributed by atoms with Gasteiger partial charge in [0, 0.05) is 17.3 Å². The molecule has 2 unspecified atom stereocenters. The maximum absolute atomic E-state index is 5.00. The third-order valence-electron chi connectivity index (χ3n) is 6.06. The standard InChI is InChI=1S/C24H36N2/c1-8-21(15-17(4)16(2)3)18(5)19(6)23-9-10-24(26-20(23)7)22-11-13-25-14-12-22/h8-10,15,18-19,22,25H,2,11-14H2,1,3-7H3/b17-15-,21-8?. The van der Waals surface area contributed by atoms with Crippen LogP contribution in [0.15, 0.2) is 47.6 Å². The predicted octanol–water partition coefficient (Wildman–Crippen LogP) is 6.07. The molecule has 0 spiro atoms. The second kappa shape index (κ2) is 9.32. The first-order valence-corrected chi connectivity index (χ1v) is 10.0. The number of nitrogens with zero attached hydrogens (tertiary/aromatic N) is 1. The molecule has 1 fully saturated rings. The summed E-state index contributed by atoms with van der Waals surface area (Å²) in [5.41, 5.74) is 7.60. The van der Waals surface area contributed by atoms with Crippen molar-refractivity contribution >= 4 is 0 Å². The van der Waals surface area contributed by atoms with Crippen molar-refractivity contribution in [3.8, 4) is 0 Å². The average molecular weight is 353 g/mol. The Hall–Kier alpha value is -1.67. The van der Waals surface area contributed by atoms with E-state index in [1.165, 1.54) is 40.9 Å². The fraction of sp³-hybridized carbons (Fsp3) is 0.542. The van der Waals surface area contributed by atoms with E-state index in [0.29, 0.717) is 17.8 Å². The molecule has 0 bridgehead atoms. The zero-order valence-electron chi connectivity index (χ0n) is 17.5. The fourth-order valence-corrected chi connectivity index (χ4v) is 3.83. The SMILES string of the molecule is C=C(C)/C(C)=C\C(=CC)C(C)C(C)c1ccc(C2CCNCC2)nc1C. The fourth-order valence-electron chi connectivity index (χ4n) is 3.83. The molecule has 1 aromatic heterocycles. The van der Waals surface area contributed by atoms with Crippen LogP contribution in [0.4, 0.5) is 0 Å². The van der Waals surface area contributed by atoms with Crippen molar-refractivity contribution in [2.45, 2.75) is 66.2 Å². The second-order valence-electron chi connectivity index (χ2n) is 7.91. The molecule has 26 heavy (non-hydrogen) atoms. The van der Waals surface area contributed by atoms with Crippen LogP contribution in [0.3, 0.4) is 0 Å². The summed E-state index contributed by atoms with van der Waals surface area (Å²) in [7, 11) is 0. The minimum absolute atomic E-state index is 0.435. The highest BCUT2D eigenvalue weighted by molar-refractivity contribution is 5.37. The van der Waals surface area contributed by atoms with E-state index < -0.39 is 0 Å². The molecule has 0 aliphatic carbocycles. The summed E-state index contributed by atoms with van der Waals surface area (Å²) in [4.78, 5) is 5.00. The zero-order valence-corrected chi connectivity index (χ0v) is 17.5. The number of nitrogens with one attached hydrogen (secondary N) is 1. The quantitative estimate of drug-likeness (QED) is 0.629. The van der Waals surface area contributed by atoms with Gasteiger partial charge in [0.05, 0.1) is 0 Å². The summed E-state index contributed by atoms with van der Waals surface area (Å²) >= 11 is 0. The van der Waals surface area contributed by atoms with Crippen molar-refractivity contribution in [3.05, 3.63) is 64.5 Å². The molecule has 2 heteroatoms. The summed E-state index contributed by atoms with van der Waals surface area (Å²) in [6, 6.07) is 4.59.